The van der Waals surface area contributed by atoms with Gasteiger partial charge in [0.05, 0.1) is 6.21 Å². The summed E-state index contributed by atoms with van der Waals surface area (Å²) in [6.45, 7) is 1.88. The maximum Gasteiger partial charge on any atom is 0.277 e. The highest BCUT2D eigenvalue weighted by molar-refractivity contribution is 7.11. The predicted molar refractivity (Wildman–Crippen MR) is 76.7 cm³/mol. The molecule has 0 spiro atoms. The van der Waals surface area contributed by atoms with Crippen LogP contribution in [0.5, 0.6) is 5.75 Å². The van der Waals surface area contributed by atoms with Gasteiger partial charge in [0.15, 0.2) is 6.61 Å². The fourth-order valence-corrected chi connectivity index (χ4v) is 2.01. The molecule has 2 rings (SSSR count). The number of ether oxygens (including phenoxy) is 1. The Morgan fingerprint density at radius 2 is 2.21 bits per heavy atom. The topological polar surface area (TPSA) is 50.7 Å². The maximum atomic E-state index is 11.5. The van der Waals surface area contributed by atoms with Crippen LogP contribution in [0.4, 0.5) is 0 Å². The van der Waals surface area contributed by atoms with Crippen molar-refractivity contribution in [2.24, 2.45) is 5.10 Å². The third-order valence-corrected chi connectivity index (χ3v) is 3.18. The second kappa shape index (κ2) is 6.70. The van der Waals surface area contributed by atoms with Crippen LogP contribution in [0.25, 0.3) is 0 Å². The van der Waals surface area contributed by atoms with Crippen molar-refractivity contribution >= 4 is 23.5 Å². The molecular weight excluding hydrogens is 260 g/mol. The SMILES string of the molecule is Cc1ccccc1OCC(=O)N/N=C/c1cccs1. The van der Waals surface area contributed by atoms with Gasteiger partial charge < -0.3 is 4.74 Å². The Bertz CT molecular complexity index is 565. The summed E-state index contributed by atoms with van der Waals surface area (Å²) >= 11 is 1.55. The molecule has 0 aliphatic heterocycles. The zero-order chi connectivity index (χ0) is 13.5. The normalized spacial score (nSPS) is 10.6. The van der Waals surface area contributed by atoms with Gasteiger partial charge in [-0.2, -0.15) is 5.10 Å². The summed E-state index contributed by atoms with van der Waals surface area (Å²) in [5.74, 6) is 0.427. The van der Waals surface area contributed by atoms with E-state index in [-0.39, 0.29) is 12.5 Å². The predicted octanol–water partition coefficient (Wildman–Crippen LogP) is 2.59. The van der Waals surface area contributed by atoms with Gasteiger partial charge in [-0.05, 0) is 30.0 Å². The van der Waals surface area contributed by atoms with Crippen molar-refractivity contribution in [3.05, 3.63) is 52.2 Å². The molecule has 1 aromatic carbocycles. The molecule has 5 heteroatoms. The smallest absolute Gasteiger partial charge is 0.277 e. The van der Waals surface area contributed by atoms with Crippen molar-refractivity contribution in [2.75, 3.05) is 6.61 Å². The number of para-hydroxylation sites is 1. The van der Waals surface area contributed by atoms with Crippen molar-refractivity contribution in [2.45, 2.75) is 6.92 Å². The van der Waals surface area contributed by atoms with Gasteiger partial charge in [-0.1, -0.05) is 24.3 Å². The summed E-state index contributed by atoms with van der Waals surface area (Å²) in [5, 5.41) is 5.80. The zero-order valence-electron chi connectivity index (χ0n) is 10.5. The number of benzene rings is 1. The van der Waals surface area contributed by atoms with Gasteiger partial charge in [-0.3, -0.25) is 4.79 Å². The third-order valence-electron chi connectivity index (χ3n) is 2.38. The first-order valence-corrected chi connectivity index (χ1v) is 6.67. The van der Waals surface area contributed by atoms with Crippen LogP contribution < -0.4 is 10.2 Å². The Kier molecular flexibility index (Phi) is 4.69. The second-order valence-electron chi connectivity index (χ2n) is 3.86. The van der Waals surface area contributed by atoms with Gasteiger partial charge in [0.2, 0.25) is 0 Å². The number of amides is 1. The van der Waals surface area contributed by atoms with Crippen LogP contribution in [0, 0.1) is 6.92 Å². The number of thiophene rings is 1. The molecule has 2 aromatic rings. The largest absolute Gasteiger partial charge is 0.483 e. The van der Waals surface area contributed by atoms with Crippen LogP contribution in [0.1, 0.15) is 10.4 Å². The number of hydrogen-bond acceptors (Lipinski definition) is 4. The van der Waals surface area contributed by atoms with Crippen LogP contribution in [0.3, 0.4) is 0 Å². The van der Waals surface area contributed by atoms with E-state index in [1.807, 2.05) is 48.7 Å². The average molecular weight is 274 g/mol. The molecule has 98 valence electrons. The average Bonchev–Trinajstić information content (AvgIpc) is 2.91. The van der Waals surface area contributed by atoms with E-state index >= 15 is 0 Å². The van der Waals surface area contributed by atoms with E-state index in [9.17, 15) is 4.79 Å². The fraction of sp³-hybridized carbons (Fsp3) is 0.143. The summed E-state index contributed by atoms with van der Waals surface area (Å²) in [4.78, 5) is 12.5. The van der Waals surface area contributed by atoms with E-state index in [2.05, 4.69) is 10.5 Å². The van der Waals surface area contributed by atoms with Crippen LogP contribution in [0.2, 0.25) is 0 Å². The van der Waals surface area contributed by atoms with Crippen molar-refractivity contribution in [3.8, 4) is 5.75 Å². The van der Waals surface area contributed by atoms with Gasteiger partial charge in [0, 0.05) is 4.88 Å². The summed E-state index contributed by atoms with van der Waals surface area (Å²) in [6.07, 6.45) is 1.61. The molecule has 0 saturated carbocycles. The Balaban J connectivity index is 1.78. The number of hydrogen-bond donors (Lipinski definition) is 1. The first kappa shape index (κ1) is 13.3. The molecule has 0 fully saturated rings. The number of carbonyl (C=O) groups is 1. The third kappa shape index (κ3) is 4.22. The number of hydrazone groups is 1. The summed E-state index contributed by atoms with van der Waals surface area (Å²) in [5.41, 5.74) is 3.42. The van der Waals surface area contributed by atoms with Gasteiger partial charge in [-0.15, -0.1) is 11.3 Å². The molecule has 1 amide bonds. The molecule has 0 aliphatic rings. The molecule has 1 N–H and O–H groups in total. The van der Waals surface area contributed by atoms with Crippen LogP contribution in [0.15, 0.2) is 46.9 Å². The summed E-state index contributed by atoms with van der Waals surface area (Å²) in [6, 6.07) is 11.4. The molecule has 1 aromatic heterocycles. The number of nitrogens with zero attached hydrogens (tertiary/aromatic N) is 1. The Hall–Kier alpha value is -2.14. The monoisotopic (exact) mass is 274 g/mol. The van der Waals surface area contributed by atoms with Gasteiger partial charge in [0.25, 0.3) is 5.91 Å². The zero-order valence-corrected chi connectivity index (χ0v) is 11.3. The molecule has 0 unspecified atom stereocenters. The minimum atomic E-state index is -0.281. The number of nitrogens with one attached hydrogen (secondary N) is 1. The van der Waals surface area contributed by atoms with Crippen molar-refractivity contribution in [1.29, 1.82) is 0 Å². The lowest BCUT2D eigenvalue weighted by Crippen LogP contribution is -2.24. The van der Waals surface area contributed by atoms with E-state index in [4.69, 9.17) is 4.74 Å². The van der Waals surface area contributed by atoms with Gasteiger partial charge >= 0.3 is 0 Å². The lowest BCUT2D eigenvalue weighted by molar-refractivity contribution is -0.123. The van der Waals surface area contributed by atoms with Crippen molar-refractivity contribution < 1.29 is 9.53 Å². The maximum absolute atomic E-state index is 11.5. The van der Waals surface area contributed by atoms with E-state index in [0.29, 0.717) is 5.75 Å². The first-order valence-electron chi connectivity index (χ1n) is 5.79. The van der Waals surface area contributed by atoms with Gasteiger partial charge in [-0.25, -0.2) is 5.43 Å². The van der Waals surface area contributed by atoms with E-state index in [1.54, 1.807) is 17.6 Å². The molecule has 0 bridgehead atoms. The van der Waals surface area contributed by atoms with Crippen molar-refractivity contribution in [3.63, 3.8) is 0 Å². The molecule has 0 radical (unpaired) electrons. The molecule has 0 aliphatic carbocycles. The minimum Gasteiger partial charge on any atom is -0.483 e. The highest BCUT2D eigenvalue weighted by Crippen LogP contribution is 2.15. The Morgan fingerprint density at radius 1 is 1.37 bits per heavy atom. The highest BCUT2D eigenvalue weighted by atomic mass is 32.1. The van der Waals surface area contributed by atoms with Crippen LogP contribution in [-0.2, 0) is 4.79 Å². The highest BCUT2D eigenvalue weighted by Gasteiger charge is 2.02. The number of aryl methyl sites for hydroxylation is 1. The molecule has 1 heterocycles. The van der Waals surface area contributed by atoms with E-state index in [1.165, 1.54) is 0 Å². The first-order chi connectivity index (χ1) is 9.25. The lowest BCUT2D eigenvalue weighted by atomic mass is 10.2. The Labute approximate surface area is 115 Å². The van der Waals surface area contributed by atoms with E-state index in [0.717, 1.165) is 10.4 Å². The minimum absolute atomic E-state index is 0.0490. The standard InChI is InChI=1S/C14H14N2O2S/c1-11-5-2-3-7-13(11)18-10-14(17)16-15-9-12-6-4-8-19-12/h2-9H,10H2,1H3,(H,16,17)/b15-9+. The quantitative estimate of drug-likeness (QED) is 0.673. The van der Waals surface area contributed by atoms with Crippen LogP contribution >= 0.6 is 11.3 Å². The molecule has 0 saturated heterocycles. The molecule has 0 atom stereocenters. The Morgan fingerprint density at radius 3 is 2.95 bits per heavy atom. The molecule has 4 nitrogen and oxygen atoms in total. The second-order valence-corrected chi connectivity index (χ2v) is 4.84. The fourth-order valence-electron chi connectivity index (χ4n) is 1.43. The molecule has 19 heavy (non-hydrogen) atoms. The lowest BCUT2D eigenvalue weighted by Gasteiger charge is -2.07. The summed E-state index contributed by atoms with van der Waals surface area (Å²) in [7, 11) is 0. The number of rotatable bonds is 5. The summed E-state index contributed by atoms with van der Waals surface area (Å²) < 4.78 is 5.40. The van der Waals surface area contributed by atoms with Crippen molar-refractivity contribution in [1.82, 2.24) is 5.43 Å². The van der Waals surface area contributed by atoms with E-state index < -0.39 is 0 Å². The van der Waals surface area contributed by atoms with Crippen LogP contribution in [-0.4, -0.2) is 18.7 Å². The van der Waals surface area contributed by atoms with Gasteiger partial charge in [0.1, 0.15) is 5.75 Å². The number of carbonyl (C=O) groups excluding carboxylic acids is 1. The molecular formula is C14H14N2O2S.